The first-order valence-electron chi connectivity index (χ1n) is 4.09. The summed E-state index contributed by atoms with van der Waals surface area (Å²) in [5, 5.41) is 15.4. The number of hydrogen-bond donors (Lipinski definition) is 0. The minimum atomic E-state index is 0.697. The smallest absolute Gasteiger partial charge is 0.216 e. The molecule has 2 rings (SSSR count). The van der Waals surface area contributed by atoms with Gasteiger partial charge in [-0.1, -0.05) is 15.9 Å². The van der Waals surface area contributed by atoms with Crippen LogP contribution in [-0.4, -0.2) is 9.90 Å². The summed E-state index contributed by atoms with van der Waals surface area (Å²) in [5.41, 5.74) is 1.44. The Morgan fingerprint density at radius 1 is 1.36 bits per heavy atom. The Balaban J connectivity index is 2.49. The van der Waals surface area contributed by atoms with Gasteiger partial charge in [-0.25, -0.2) is 0 Å². The van der Waals surface area contributed by atoms with Crippen molar-refractivity contribution < 1.29 is 4.85 Å². The van der Waals surface area contributed by atoms with E-state index < -0.39 is 0 Å². The first-order valence-corrected chi connectivity index (χ1v) is 4.88. The van der Waals surface area contributed by atoms with Gasteiger partial charge in [-0.15, -0.1) is 0 Å². The molecule has 0 saturated carbocycles. The van der Waals surface area contributed by atoms with E-state index in [1.165, 1.54) is 11.0 Å². The summed E-state index contributed by atoms with van der Waals surface area (Å²) in [7, 11) is 0. The molecule has 0 amide bonds. The van der Waals surface area contributed by atoms with Gasteiger partial charge in [0.05, 0.1) is 0 Å². The molecule has 72 valence electrons. The van der Waals surface area contributed by atoms with Gasteiger partial charge < -0.3 is 5.21 Å². The van der Waals surface area contributed by atoms with Crippen LogP contribution in [0.4, 0.5) is 0 Å². The highest BCUT2D eigenvalue weighted by Gasteiger charge is 2.09. The second-order valence-corrected chi connectivity index (χ2v) is 3.85. The van der Waals surface area contributed by atoms with Crippen LogP contribution in [0.15, 0.2) is 34.9 Å². The van der Waals surface area contributed by atoms with Gasteiger partial charge in [-0.05, 0) is 29.1 Å². The van der Waals surface area contributed by atoms with Crippen molar-refractivity contribution in [2.45, 2.75) is 6.92 Å². The SMILES string of the molecule is Cc1c[n+]([O-])n(-c2ccc(Br)cc2)n1. The van der Waals surface area contributed by atoms with Crippen LogP contribution in [0.2, 0.25) is 0 Å². The number of nitrogens with zero attached hydrogens (tertiary/aromatic N) is 3. The van der Waals surface area contributed by atoms with Gasteiger partial charge in [0.15, 0.2) is 6.20 Å². The summed E-state index contributed by atoms with van der Waals surface area (Å²) >= 11 is 3.33. The van der Waals surface area contributed by atoms with Crippen LogP contribution in [0.3, 0.4) is 0 Å². The maximum Gasteiger partial charge on any atom is 0.216 e. The number of rotatable bonds is 1. The van der Waals surface area contributed by atoms with Crippen LogP contribution in [0.1, 0.15) is 5.69 Å². The predicted molar refractivity (Wildman–Crippen MR) is 55.0 cm³/mol. The van der Waals surface area contributed by atoms with E-state index in [9.17, 15) is 5.21 Å². The Bertz CT molecular complexity index is 450. The second kappa shape index (κ2) is 3.42. The largest absolute Gasteiger partial charge is 0.692 e. The molecule has 4 nitrogen and oxygen atoms in total. The summed E-state index contributed by atoms with van der Waals surface area (Å²) in [6.07, 6.45) is 1.43. The van der Waals surface area contributed by atoms with E-state index in [-0.39, 0.29) is 0 Å². The van der Waals surface area contributed by atoms with Crippen LogP contribution in [0.25, 0.3) is 5.69 Å². The standard InChI is InChI=1S/C9H8BrN3O/c1-7-6-12(14)13(11-7)9-4-2-8(10)3-5-9/h2-6H,1H3. The lowest BCUT2D eigenvalue weighted by Gasteiger charge is -2.01. The summed E-state index contributed by atoms with van der Waals surface area (Å²) in [5.74, 6) is 0. The molecule has 1 heterocycles. The van der Waals surface area contributed by atoms with Gasteiger partial charge in [0.25, 0.3) is 0 Å². The van der Waals surface area contributed by atoms with E-state index >= 15 is 0 Å². The topological polar surface area (TPSA) is 44.8 Å². The van der Waals surface area contributed by atoms with Crippen LogP contribution < -0.4 is 4.85 Å². The summed E-state index contributed by atoms with van der Waals surface area (Å²) in [4.78, 5) is 2.01. The monoisotopic (exact) mass is 253 g/mol. The number of aryl methyl sites for hydroxylation is 1. The average Bonchev–Trinajstić information content (AvgIpc) is 2.47. The van der Waals surface area contributed by atoms with Crippen molar-refractivity contribution >= 4 is 15.9 Å². The number of aromatic nitrogens is 3. The molecule has 0 saturated heterocycles. The van der Waals surface area contributed by atoms with Crippen LogP contribution in [0, 0.1) is 12.1 Å². The van der Waals surface area contributed by atoms with Crippen molar-refractivity contribution in [2.75, 3.05) is 0 Å². The number of halogens is 1. The maximum atomic E-state index is 11.3. The van der Waals surface area contributed by atoms with Gasteiger partial charge in [0.2, 0.25) is 5.69 Å². The molecule has 14 heavy (non-hydrogen) atoms. The van der Waals surface area contributed by atoms with Crippen LogP contribution >= 0.6 is 15.9 Å². The Morgan fingerprint density at radius 2 is 2.00 bits per heavy atom. The quantitative estimate of drug-likeness (QED) is 0.572. The normalized spacial score (nSPS) is 10.4. The van der Waals surface area contributed by atoms with Crippen molar-refractivity contribution in [3.8, 4) is 5.69 Å². The molecule has 0 unspecified atom stereocenters. The van der Waals surface area contributed by atoms with E-state index in [0.717, 1.165) is 10.2 Å². The van der Waals surface area contributed by atoms with Crippen molar-refractivity contribution in [2.24, 2.45) is 0 Å². The predicted octanol–water partition coefficient (Wildman–Crippen LogP) is 1.58. The summed E-state index contributed by atoms with van der Waals surface area (Å²) in [6, 6.07) is 7.38. The molecule has 0 radical (unpaired) electrons. The fraction of sp³-hybridized carbons (Fsp3) is 0.111. The van der Waals surface area contributed by atoms with E-state index in [4.69, 9.17) is 0 Å². The van der Waals surface area contributed by atoms with Crippen LogP contribution in [-0.2, 0) is 0 Å². The third-order valence-electron chi connectivity index (χ3n) is 1.79. The van der Waals surface area contributed by atoms with Gasteiger partial charge in [0, 0.05) is 16.5 Å². The van der Waals surface area contributed by atoms with E-state index in [1.54, 1.807) is 6.92 Å². The highest BCUT2D eigenvalue weighted by molar-refractivity contribution is 9.10. The van der Waals surface area contributed by atoms with Gasteiger partial charge in [0.1, 0.15) is 5.69 Å². The minimum absolute atomic E-state index is 0.697. The molecule has 1 aromatic heterocycles. The number of hydrogen-bond acceptors (Lipinski definition) is 2. The molecule has 0 aliphatic heterocycles. The number of benzene rings is 1. The third kappa shape index (κ3) is 1.63. The van der Waals surface area contributed by atoms with Crippen molar-refractivity contribution in [3.63, 3.8) is 0 Å². The lowest BCUT2D eigenvalue weighted by atomic mass is 10.3. The Hall–Kier alpha value is -1.36. The molecule has 2 aromatic rings. The molecule has 5 heteroatoms. The molecular formula is C9H8BrN3O. The molecule has 0 atom stereocenters. The van der Waals surface area contributed by atoms with Crippen molar-refractivity contribution in [3.05, 3.63) is 45.8 Å². The van der Waals surface area contributed by atoms with E-state index in [2.05, 4.69) is 21.0 Å². The van der Waals surface area contributed by atoms with Crippen LogP contribution in [0.5, 0.6) is 0 Å². The Labute approximate surface area is 89.5 Å². The lowest BCUT2D eigenvalue weighted by molar-refractivity contribution is -0.688. The lowest BCUT2D eigenvalue weighted by Crippen LogP contribution is -2.36. The molecule has 0 bridgehead atoms. The Kier molecular flexibility index (Phi) is 2.25. The van der Waals surface area contributed by atoms with Gasteiger partial charge >= 0.3 is 0 Å². The third-order valence-corrected chi connectivity index (χ3v) is 2.32. The second-order valence-electron chi connectivity index (χ2n) is 2.94. The first-order chi connectivity index (χ1) is 6.66. The first kappa shape index (κ1) is 9.21. The molecule has 0 spiro atoms. The fourth-order valence-corrected chi connectivity index (χ4v) is 1.44. The van der Waals surface area contributed by atoms with Gasteiger partial charge in [-0.2, -0.15) is 4.85 Å². The molecule has 0 aliphatic rings. The highest BCUT2D eigenvalue weighted by Crippen LogP contribution is 2.12. The summed E-state index contributed by atoms with van der Waals surface area (Å²) < 4.78 is 0.975. The zero-order valence-electron chi connectivity index (χ0n) is 7.51. The van der Waals surface area contributed by atoms with E-state index in [0.29, 0.717) is 10.5 Å². The van der Waals surface area contributed by atoms with Crippen molar-refractivity contribution in [1.82, 2.24) is 9.90 Å². The molecule has 0 fully saturated rings. The van der Waals surface area contributed by atoms with E-state index in [1.807, 2.05) is 24.3 Å². The molecule has 0 N–H and O–H groups in total. The molecule has 1 aromatic carbocycles. The van der Waals surface area contributed by atoms with Crippen molar-refractivity contribution in [1.29, 1.82) is 0 Å². The average molecular weight is 254 g/mol. The summed E-state index contributed by atoms with van der Waals surface area (Å²) in [6.45, 7) is 1.78. The zero-order chi connectivity index (χ0) is 10.1. The maximum absolute atomic E-state index is 11.3. The zero-order valence-corrected chi connectivity index (χ0v) is 9.10. The fourth-order valence-electron chi connectivity index (χ4n) is 1.18. The Morgan fingerprint density at radius 3 is 2.50 bits per heavy atom. The minimum Gasteiger partial charge on any atom is -0.692 e. The molecular weight excluding hydrogens is 246 g/mol. The van der Waals surface area contributed by atoms with Gasteiger partial charge in [-0.3, -0.25) is 0 Å². The molecule has 0 aliphatic carbocycles. The highest BCUT2D eigenvalue weighted by atomic mass is 79.9.